The second-order valence-corrected chi connectivity index (χ2v) is 8.81. The van der Waals surface area contributed by atoms with Gasteiger partial charge in [-0.05, 0) is 41.8 Å². The fourth-order valence-electron chi connectivity index (χ4n) is 5.89. The van der Waals surface area contributed by atoms with Crippen molar-refractivity contribution in [3.05, 3.63) is 84.6 Å². The number of hydrogen-bond acceptors (Lipinski definition) is 6. The molecule has 6 aromatic rings. The molecule has 0 radical (unpaired) electrons. The summed E-state index contributed by atoms with van der Waals surface area (Å²) in [7, 11) is 0. The molecule has 6 nitrogen and oxygen atoms in total. The van der Waals surface area contributed by atoms with Crippen molar-refractivity contribution in [2.24, 2.45) is 0 Å². The molecule has 2 aromatic carbocycles. The highest BCUT2D eigenvalue weighted by Crippen LogP contribution is 2.48. The molecule has 2 aliphatic heterocycles. The zero-order valence-electron chi connectivity index (χ0n) is 17.7. The summed E-state index contributed by atoms with van der Waals surface area (Å²) in [6.07, 6.45) is 9.44. The Kier molecular flexibility index (Phi) is 3.21. The Morgan fingerprint density at radius 3 is 1.85 bits per heavy atom. The van der Waals surface area contributed by atoms with Gasteiger partial charge in [-0.3, -0.25) is 19.9 Å². The molecule has 0 fully saturated rings. The number of aromatic nitrogens is 4. The van der Waals surface area contributed by atoms with Crippen LogP contribution in [0.25, 0.3) is 43.5 Å². The molecule has 0 atom stereocenters. The van der Waals surface area contributed by atoms with Gasteiger partial charge in [0.25, 0.3) is 0 Å². The van der Waals surface area contributed by atoms with Crippen molar-refractivity contribution in [3.63, 3.8) is 0 Å². The minimum atomic E-state index is 0.826. The van der Waals surface area contributed by atoms with Crippen LogP contribution in [0.4, 0.5) is 11.4 Å². The fourth-order valence-corrected chi connectivity index (χ4v) is 5.89. The molecule has 2 bridgehead atoms. The molecule has 4 aromatic heterocycles. The molecule has 0 amide bonds. The van der Waals surface area contributed by atoms with E-state index >= 15 is 0 Å². The summed E-state index contributed by atoms with van der Waals surface area (Å²) in [5, 5.41) is 5.90. The van der Waals surface area contributed by atoms with Crippen LogP contribution in [0.3, 0.4) is 0 Å². The smallest absolute Gasteiger partial charge is 0.0985 e. The van der Waals surface area contributed by atoms with E-state index in [1.165, 1.54) is 44.0 Å². The Morgan fingerprint density at radius 2 is 1.12 bits per heavy atom. The molecular formula is C27H18N6. The molecule has 0 saturated heterocycles. The number of fused-ring (bicyclic) bond motifs is 16. The van der Waals surface area contributed by atoms with Gasteiger partial charge in [0.05, 0.1) is 34.6 Å². The number of rotatable bonds is 0. The summed E-state index contributed by atoms with van der Waals surface area (Å²) >= 11 is 0. The van der Waals surface area contributed by atoms with E-state index < -0.39 is 0 Å². The first-order valence-corrected chi connectivity index (χ1v) is 11.2. The summed E-state index contributed by atoms with van der Waals surface area (Å²) < 4.78 is 0. The van der Waals surface area contributed by atoms with Gasteiger partial charge >= 0.3 is 0 Å². The van der Waals surface area contributed by atoms with Crippen molar-refractivity contribution < 1.29 is 0 Å². The first-order chi connectivity index (χ1) is 16.4. The number of hydrogen-bond donors (Lipinski definition) is 0. The van der Waals surface area contributed by atoms with Crippen molar-refractivity contribution in [1.82, 2.24) is 19.9 Å². The lowest BCUT2D eigenvalue weighted by molar-refractivity contribution is 0.661. The molecule has 33 heavy (non-hydrogen) atoms. The first kappa shape index (κ1) is 17.3. The Balaban J connectivity index is 1.49. The Bertz CT molecular complexity index is 1650. The molecule has 2 aliphatic rings. The minimum Gasteiger partial charge on any atom is -0.349 e. The van der Waals surface area contributed by atoms with E-state index in [4.69, 9.17) is 15.0 Å². The van der Waals surface area contributed by atoms with Crippen LogP contribution in [0.1, 0.15) is 11.1 Å². The zero-order valence-corrected chi connectivity index (χ0v) is 17.7. The van der Waals surface area contributed by atoms with Gasteiger partial charge in [-0.1, -0.05) is 6.07 Å². The van der Waals surface area contributed by atoms with Gasteiger partial charge in [0, 0.05) is 76.7 Å². The fraction of sp³-hybridized carbons (Fsp3) is 0.111. The van der Waals surface area contributed by atoms with Gasteiger partial charge in [0.1, 0.15) is 0 Å². The Hall–Kier alpha value is -4.32. The van der Waals surface area contributed by atoms with Crippen LogP contribution in [0.15, 0.2) is 73.4 Å². The van der Waals surface area contributed by atoms with E-state index in [2.05, 4.69) is 39.0 Å². The predicted molar refractivity (Wildman–Crippen MR) is 131 cm³/mol. The summed E-state index contributed by atoms with van der Waals surface area (Å²) in [5.41, 5.74) is 8.22. The van der Waals surface area contributed by atoms with Crippen LogP contribution in [0, 0.1) is 0 Å². The van der Waals surface area contributed by atoms with Crippen molar-refractivity contribution in [2.45, 2.75) is 13.1 Å². The maximum atomic E-state index is 4.76. The van der Waals surface area contributed by atoms with Crippen LogP contribution in [-0.4, -0.2) is 26.6 Å². The largest absolute Gasteiger partial charge is 0.349 e. The molecule has 0 unspecified atom stereocenters. The molecule has 0 saturated carbocycles. The molecule has 0 N–H and O–H groups in total. The van der Waals surface area contributed by atoms with E-state index in [1.54, 1.807) is 0 Å². The van der Waals surface area contributed by atoms with Crippen LogP contribution >= 0.6 is 0 Å². The predicted octanol–water partition coefficient (Wildman–Crippen LogP) is 5.18. The summed E-state index contributed by atoms with van der Waals surface area (Å²) in [4.78, 5) is 23.6. The highest BCUT2D eigenvalue weighted by molar-refractivity contribution is 6.16. The number of nitrogens with zero attached hydrogens (tertiary/aromatic N) is 6. The van der Waals surface area contributed by atoms with E-state index in [1.807, 2.05) is 49.2 Å². The van der Waals surface area contributed by atoms with Crippen molar-refractivity contribution in [3.8, 4) is 0 Å². The molecular weight excluding hydrogens is 408 g/mol. The van der Waals surface area contributed by atoms with Crippen molar-refractivity contribution in [2.75, 3.05) is 16.5 Å². The summed E-state index contributed by atoms with van der Waals surface area (Å²) in [5.74, 6) is 0. The van der Waals surface area contributed by atoms with Gasteiger partial charge in [-0.25, -0.2) is 0 Å². The molecule has 0 spiro atoms. The van der Waals surface area contributed by atoms with Crippen LogP contribution < -0.4 is 9.80 Å². The van der Waals surface area contributed by atoms with Crippen LogP contribution in [-0.2, 0) is 13.1 Å². The van der Waals surface area contributed by atoms with Gasteiger partial charge in [0.15, 0.2) is 0 Å². The van der Waals surface area contributed by atoms with E-state index in [0.717, 1.165) is 41.7 Å². The summed E-state index contributed by atoms with van der Waals surface area (Å²) in [6.45, 7) is 2.50. The zero-order chi connectivity index (χ0) is 21.5. The Labute approximate surface area is 189 Å². The quantitative estimate of drug-likeness (QED) is 0.312. The maximum Gasteiger partial charge on any atom is 0.0985 e. The molecule has 6 heterocycles. The third kappa shape index (κ3) is 2.17. The molecule has 156 valence electrons. The highest BCUT2D eigenvalue weighted by atomic mass is 15.4. The number of pyridine rings is 4. The lowest BCUT2D eigenvalue weighted by Gasteiger charge is -2.46. The summed E-state index contributed by atoms with van der Waals surface area (Å²) in [6, 6.07) is 14.8. The van der Waals surface area contributed by atoms with Gasteiger partial charge in [-0.2, -0.15) is 0 Å². The normalized spacial score (nSPS) is 14.8. The second kappa shape index (κ2) is 6.13. The van der Waals surface area contributed by atoms with E-state index in [-0.39, 0.29) is 0 Å². The average Bonchev–Trinajstić information content (AvgIpc) is 2.89. The molecule has 0 aliphatic carbocycles. The maximum absolute atomic E-state index is 4.76. The van der Waals surface area contributed by atoms with Gasteiger partial charge in [-0.15, -0.1) is 0 Å². The van der Waals surface area contributed by atoms with Crippen molar-refractivity contribution in [1.29, 1.82) is 0 Å². The van der Waals surface area contributed by atoms with Gasteiger partial charge in [0.2, 0.25) is 0 Å². The highest BCUT2D eigenvalue weighted by Gasteiger charge is 2.34. The van der Waals surface area contributed by atoms with Gasteiger partial charge < -0.3 is 9.80 Å². The Morgan fingerprint density at radius 1 is 0.545 bits per heavy atom. The monoisotopic (exact) mass is 426 g/mol. The lowest BCUT2D eigenvalue weighted by atomic mass is 9.91. The molecule has 8 rings (SSSR count). The average molecular weight is 426 g/mol. The van der Waals surface area contributed by atoms with Crippen LogP contribution in [0.2, 0.25) is 0 Å². The van der Waals surface area contributed by atoms with E-state index in [0.29, 0.717) is 0 Å². The SMILES string of the molecule is c1cnc2c(c1)c1c(c3ccncc32)CN2CN1Cc1c2c2cccnc2c2ncccc12. The van der Waals surface area contributed by atoms with Crippen molar-refractivity contribution >= 4 is 54.9 Å². The first-order valence-electron chi connectivity index (χ1n) is 11.2. The third-order valence-corrected chi connectivity index (χ3v) is 7.13. The lowest BCUT2D eigenvalue weighted by Crippen LogP contribution is -2.46. The second-order valence-electron chi connectivity index (χ2n) is 8.81. The standard InChI is InChI=1S/C27H18N6/c1-4-17-22-14-33-15-32(27(22)19-6-3-10-31-25(19)24(17)30-9-1)13-21-16-7-11-28-12-20(16)23-18(26(21)33)5-2-8-29-23/h1-12H,13-15H2. The van der Waals surface area contributed by atoms with Crippen LogP contribution in [0.5, 0.6) is 0 Å². The number of benzene rings is 2. The third-order valence-electron chi connectivity index (χ3n) is 7.13. The van der Waals surface area contributed by atoms with E-state index in [9.17, 15) is 0 Å². The topological polar surface area (TPSA) is 58.0 Å². The minimum absolute atomic E-state index is 0.826. The number of anilines is 2. The molecule has 6 heteroatoms.